The van der Waals surface area contributed by atoms with Crippen LogP contribution in [0.15, 0.2) is 33.2 Å². The smallest absolute Gasteiger partial charge is 0.344 e. The van der Waals surface area contributed by atoms with Gasteiger partial charge in [-0.2, -0.15) is 0 Å². The van der Waals surface area contributed by atoms with Crippen molar-refractivity contribution in [1.82, 2.24) is 4.90 Å². The number of likely N-dealkylation sites (tertiary alicyclic amines) is 1. The molecule has 1 aliphatic heterocycles. The molecule has 10 heteroatoms. The van der Waals surface area contributed by atoms with Crippen LogP contribution < -0.4 is 14.2 Å². The van der Waals surface area contributed by atoms with Gasteiger partial charge in [0.1, 0.15) is 23.7 Å². The first-order chi connectivity index (χ1) is 16.6. The second-order valence-electron chi connectivity index (χ2n) is 8.19. The Morgan fingerprint density at radius 2 is 1.77 bits per heavy atom. The fourth-order valence-corrected chi connectivity index (χ4v) is 5.14. The number of carbonyl (C=O) groups is 3. The van der Waals surface area contributed by atoms with Crippen LogP contribution in [0.5, 0.6) is 17.2 Å². The average molecular weight is 613 g/mol. The third kappa shape index (κ3) is 5.70. The van der Waals surface area contributed by atoms with E-state index in [1.807, 2.05) is 7.05 Å². The Balaban J connectivity index is 2.21. The van der Waals surface area contributed by atoms with E-state index in [-0.39, 0.29) is 52.9 Å². The summed E-state index contributed by atoms with van der Waals surface area (Å²) in [5.74, 6) is -0.884. The molecule has 35 heavy (non-hydrogen) atoms. The van der Waals surface area contributed by atoms with Crippen molar-refractivity contribution < 1.29 is 33.3 Å². The molecule has 0 amide bonds. The topological polar surface area (TPSA) is 91.4 Å². The zero-order valence-corrected chi connectivity index (χ0v) is 23.3. The first-order valence-electron chi connectivity index (χ1n) is 10.9. The fraction of sp³-hybridized carbons (Fsp3) is 0.400. The van der Waals surface area contributed by atoms with Gasteiger partial charge in [0.15, 0.2) is 11.5 Å². The van der Waals surface area contributed by atoms with Crippen molar-refractivity contribution in [2.75, 3.05) is 34.4 Å². The Morgan fingerprint density at radius 1 is 1.09 bits per heavy atom. The highest BCUT2D eigenvalue weighted by atomic mass is 79.9. The van der Waals surface area contributed by atoms with Gasteiger partial charge in [-0.15, -0.1) is 0 Å². The standard InChI is InChI=1S/C25H27Br2NO7/c1-13(29)21-19(32-4)11-20(33-5)22(15-9-10-28(3)18(15)12-34-14(2)30)24(21)35-25(31)16-7-6-8-17(26)23(16)27/h6-8,11,15,18H,9-10,12H2,1-5H3. The molecule has 0 spiro atoms. The first-order valence-corrected chi connectivity index (χ1v) is 12.5. The number of hydrogen-bond donors (Lipinski definition) is 0. The van der Waals surface area contributed by atoms with Crippen molar-refractivity contribution in [3.05, 3.63) is 49.9 Å². The summed E-state index contributed by atoms with van der Waals surface area (Å²) in [6.45, 7) is 3.60. The predicted molar refractivity (Wildman–Crippen MR) is 137 cm³/mol. The van der Waals surface area contributed by atoms with Crippen LogP contribution in [0.4, 0.5) is 0 Å². The van der Waals surface area contributed by atoms with Crippen LogP contribution in [0.25, 0.3) is 0 Å². The van der Waals surface area contributed by atoms with Crippen LogP contribution >= 0.6 is 31.9 Å². The average Bonchev–Trinajstić information content (AvgIpc) is 3.17. The number of Topliss-reactive ketones (excluding diaryl/α,β-unsaturated/α-hetero) is 1. The van der Waals surface area contributed by atoms with Gasteiger partial charge >= 0.3 is 11.9 Å². The lowest BCUT2D eigenvalue weighted by Crippen LogP contribution is -2.34. The highest BCUT2D eigenvalue weighted by Gasteiger charge is 2.40. The predicted octanol–water partition coefficient (Wildman–Crippen LogP) is 5.00. The fourth-order valence-electron chi connectivity index (χ4n) is 4.35. The van der Waals surface area contributed by atoms with Gasteiger partial charge < -0.3 is 18.9 Å². The molecule has 1 saturated heterocycles. The molecule has 0 aromatic heterocycles. The maximum atomic E-state index is 13.3. The number of ether oxygens (including phenoxy) is 4. The van der Waals surface area contributed by atoms with E-state index in [2.05, 4.69) is 36.8 Å². The van der Waals surface area contributed by atoms with Crippen LogP contribution in [-0.2, 0) is 9.53 Å². The molecular weight excluding hydrogens is 586 g/mol. The lowest BCUT2D eigenvalue weighted by atomic mass is 9.87. The van der Waals surface area contributed by atoms with Gasteiger partial charge in [-0.05, 0) is 70.9 Å². The highest BCUT2D eigenvalue weighted by molar-refractivity contribution is 9.13. The van der Waals surface area contributed by atoms with Gasteiger partial charge in [0.25, 0.3) is 0 Å². The zero-order valence-electron chi connectivity index (χ0n) is 20.1. The second-order valence-corrected chi connectivity index (χ2v) is 9.84. The Labute approximate surface area is 221 Å². The van der Waals surface area contributed by atoms with Crippen molar-refractivity contribution in [2.24, 2.45) is 0 Å². The number of esters is 2. The number of rotatable bonds is 8. The maximum Gasteiger partial charge on any atom is 0.344 e. The van der Waals surface area contributed by atoms with E-state index >= 15 is 0 Å². The van der Waals surface area contributed by atoms with E-state index in [0.717, 1.165) is 0 Å². The van der Waals surface area contributed by atoms with Crippen LogP contribution in [0.2, 0.25) is 0 Å². The van der Waals surface area contributed by atoms with Gasteiger partial charge in [-0.1, -0.05) is 6.07 Å². The normalized spacial score (nSPS) is 17.7. The van der Waals surface area contributed by atoms with Gasteiger partial charge in [0, 0.05) is 33.4 Å². The molecule has 1 fully saturated rings. The monoisotopic (exact) mass is 611 g/mol. The quantitative estimate of drug-likeness (QED) is 0.234. The van der Waals surface area contributed by atoms with Gasteiger partial charge in [0.2, 0.25) is 0 Å². The molecular formula is C25H27Br2NO7. The number of ketones is 1. The summed E-state index contributed by atoms with van der Waals surface area (Å²) < 4.78 is 23.7. The highest BCUT2D eigenvalue weighted by Crippen LogP contribution is 2.48. The molecule has 3 rings (SSSR count). The van der Waals surface area contributed by atoms with Crippen molar-refractivity contribution in [3.63, 3.8) is 0 Å². The van der Waals surface area contributed by atoms with E-state index in [1.165, 1.54) is 28.1 Å². The molecule has 2 unspecified atom stereocenters. The molecule has 1 aliphatic rings. The van der Waals surface area contributed by atoms with E-state index in [9.17, 15) is 14.4 Å². The number of benzene rings is 2. The first kappa shape index (κ1) is 27.2. The minimum atomic E-state index is -0.653. The minimum Gasteiger partial charge on any atom is -0.496 e. The van der Waals surface area contributed by atoms with E-state index < -0.39 is 5.97 Å². The number of halogens is 2. The Kier molecular flexibility index (Phi) is 8.95. The van der Waals surface area contributed by atoms with Gasteiger partial charge in [-0.25, -0.2) is 4.79 Å². The van der Waals surface area contributed by atoms with Crippen LogP contribution in [-0.4, -0.2) is 63.1 Å². The lowest BCUT2D eigenvalue weighted by molar-refractivity contribution is -0.142. The minimum absolute atomic E-state index is 0.0821. The summed E-state index contributed by atoms with van der Waals surface area (Å²) in [5, 5.41) is 0. The number of methoxy groups -OCH3 is 2. The summed E-state index contributed by atoms with van der Waals surface area (Å²) in [7, 11) is 4.87. The van der Waals surface area contributed by atoms with Crippen molar-refractivity contribution >= 4 is 49.6 Å². The Morgan fingerprint density at radius 3 is 2.37 bits per heavy atom. The SMILES string of the molecule is COc1cc(OC)c(C2CCN(C)C2COC(C)=O)c(OC(=O)c2cccc(Br)c2Br)c1C(C)=O. The zero-order chi connectivity index (χ0) is 25.9. The molecule has 0 radical (unpaired) electrons. The van der Waals surface area contributed by atoms with Gasteiger partial charge in [0.05, 0.1) is 25.8 Å². The van der Waals surface area contributed by atoms with Crippen molar-refractivity contribution in [1.29, 1.82) is 0 Å². The molecule has 0 aliphatic carbocycles. The maximum absolute atomic E-state index is 13.3. The third-order valence-corrected chi connectivity index (χ3v) is 8.10. The molecule has 2 aromatic rings. The summed E-state index contributed by atoms with van der Waals surface area (Å²) in [6.07, 6.45) is 0.674. The Hall–Kier alpha value is -2.43. The molecule has 2 aromatic carbocycles. The van der Waals surface area contributed by atoms with Gasteiger partial charge in [-0.3, -0.25) is 14.5 Å². The van der Waals surface area contributed by atoms with E-state index in [0.29, 0.717) is 33.2 Å². The van der Waals surface area contributed by atoms with E-state index in [1.54, 1.807) is 24.3 Å². The molecule has 0 N–H and O–H groups in total. The number of nitrogens with zero attached hydrogens (tertiary/aromatic N) is 1. The number of likely N-dealkylation sites (N-methyl/N-ethyl adjacent to an activating group) is 1. The van der Waals surface area contributed by atoms with Crippen LogP contribution in [0.1, 0.15) is 52.5 Å². The van der Waals surface area contributed by atoms with Crippen LogP contribution in [0.3, 0.4) is 0 Å². The summed E-state index contributed by atoms with van der Waals surface area (Å²) >= 11 is 6.81. The Bertz CT molecular complexity index is 1150. The lowest BCUT2D eigenvalue weighted by Gasteiger charge is -2.28. The summed E-state index contributed by atoms with van der Waals surface area (Å²) in [6, 6.07) is 6.53. The molecule has 188 valence electrons. The molecule has 1 heterocycles. The second kappa shape index (κ2) is 11.5. The molecule has 0 saturated carbocycles. The summed E-state index contributed by atoms with van der Waals surface area (Å²) in [4.78, 5) is 39.7. The summed E-state index contributed by atoms with van der Waals surface area (Å²) in [5.41, 5.74) is 0.977. The van der Waals surface area contributed by atoms with Crippen LogP contribution in [0, 0.1) is 0 Å². The molecule has 2 atom stereocenters. The number of hydrogen-bond acceptors (Lipinski definition) is 8. The molecule has 0 bridgehead atoms. The third-order valence-electron chi connectivity index (χ3n) is 6.06. The van der Waals surface area contributed by atoms with Crippen molar-refractivity contribution in [3.8, 4) is 17.2 Å². The molecule has 8 nitrogen and oxygen atoms in total. The number of carbonyl (C=O) groups excluding carboxylic acids is 3. The van der Waals surface area contributed by atoms with Crippen molar-refractivity contribution in [2.45, 2.75) is 32.2 Å². The largest absolute Gasteiger partial charge is 0.496 e. The van der Waals surface area contributed by atoms with E-state index in [4.69, 9.17) is 18.9 Å².